The summed E-state index contributed by atoms with van der Waals surface area (Å²) in [6.45, 7) is 4.24. The van der Waals surface area contributed by atoms with Crippen LogP contribution in [-0.2, 0) is 6.54 Å². The van der Waals surface area contributed by atoms with Crippen LogP contribution < -0.4 is 5.63 Å². The lowest BCUT2D eigenvalue weighted by Gasteiger charge is -2.08. The molecule has 2 heterocycles. The van der Waals surface area contributed by atoms with Crippen LogP contribution in [0.25, 0.3) is 22.4 Å². The molecule has 2 aromatic heterocycles. The van der Waals surface area contributed by atoms with Gasteiger partial charge in [0.2, 0.25) is 5.82 Å². The van der Waals surface area contributed by atoms with E-state index in [1.54, 1.807) is 12.1 Å². The summed E-state index contributed by atoms with van der Waals surface area (Å²) in [6.07, 6.45) is 0. The first-order chi connectivity index (χ1) is 12.5. The van der Waals surface area contributed by atoms with Gasteiger partial charge in [-0.15, -0.1) is 10.2 Å². The quantitative estimate of drug-likeness (QED) is 0.516. The lowest BCUT2D eigenvalue weighted by atomic mass is 10.0. The summed E-state index contributed by atoms with van der Waals surface area (Å²) in [5.41, 5.74) is 3.80. The van der Waals surface area contributed by atoms with E-state index < -0.39 is 5.63 Å². The van der Waals surface area contributed by atoms with E-state index in [4.69, 9.17) is 16.0 Å². The second-order valence-electron chi connectivity index (χ2n) is 6.13. The van der Waals surface area contributed by atoms with E-state index >= 15 is 0 Å². The Morgan fingerprint density at radius 3 is 2.81 bits per heavy atom. The fraction of sp³-hybridized carbons (Fsp3) is 0.158. The summed E-state index contributed by atoms with van der Waals surface area (Å²) in [5.74, 6) is 0.479. The van der Waals surface area contributed by atoms with Crippen molar-refractivity contribution in [3.63, 3.8) is 0 Å². The number of aryl methyl sites for hydroxylation is 2. The zero-order valence-electron chi connectivity index (χ0n) is 14.2. The standard InChI is InChI=1S/C19H15ClN4O2/c1-11-6-7-16-14(9-17(25)26-18(16)12(11)2)10-24-22-19(21-23-24)13-4-3-5-15(20)8-13/h3-9H,10H2,1-2H3. The minimum Gasteiger partial charge on any atom is -0.422 e. The van der Waals surface area contributed by atoms with Gasteiger partial charge in [-0.2, -0.15) is 4.80 Å². The molecule has 0 radical (unpaired) electrons. The number of nitrogens with zero attached hydrogens (tertiary/aromatic N) is 4. The monoisotopic (exact) mass is 366 g/mol. The molecule has 4 rings (SSSR count). The van der Waals surface area contributed by atoms with Crippen molar-refractivity contribution in [3.05, 3.63) is 74.6 Å². The molecule has 0 aliphatic heterocycles. The van der Waals surface area contributed by atoms with Crippen molar-refractivity contribution in [2.75, 3.05) is 0 Å². The summed E-state index contributed by atoms with van der Waals surface area (Å²) in [7, 11) is 0. The van der Waals surface area contributed by atoms with Crippen molar-refractivity contribution in [2.45, 2.75) is 20.4 Å². The highest BCUT2D eigenvalue weighted by molar-refractivity contribution is 6.30. The van der Waals surface area contributed by atoms with E-state index in [1.165, 1.54) is 10.9 Å². The summed E-state index contributed by atoms with van der Waals surface area (Å²) >= 11 is 6.01. The third-order valence-corrected chi connectivity index (χ3v) is 4.60. The molecule has 0 aliphatic rings. The largest absolute Gasteiger partial charge is 0.422 e. The van der Waals surface area contributed by atoms with Crippen LogP contribution in [0.5, 0.6) is 0 Å². The summed E-state index contributed by atoms with van der Waals surface area (Å²) < 4.78 is 5.40. The highest BCUT2D eigenvalue weighted by Crippen LogP contribution is 2.24. The first kappa shape index (κ1) is 16.5. The van der Waals surface area contributed by atoms with Crippen molar-refractivity contribution >= 4 is 22.6 Å². The zero-order chi connectivity index (χ0) is 18.3. The van der Waals surface area contributed by atoms with Gasteiger partial charge in [0, 0.05) is 22.0 Å². The van der Waals surface area contributed by atoms with Crippen molar-refractivity contribution in [2.24, 2.45) is 0 Å². The van der Waals surface area contributed by atoms with Crippen molar-refractivity contribution in [1.29, 1.82) is 0 Å². The van der Waals surface area contributed by atoms with Crippen molar-refractivity contribution in [3.8, 4) is 11.4 Å². The number of tetrazole rings is 1. The van der Waals surface area contributed by atoms with E-state index in [-0.39, 0.29) is 0 Å². The first-order valence-electron chi connectivity index (χ1n) is 8.08. The van der Waals surface area contributed by atoms with Crippen molar-refractivity contribution in [1.82, 2.24) is 20.2 Å². The zero-order valence-corrected chi connectivity index (χ0v) is 15.0. The third kappa shape index (κ3) is 2.99. The van der Waals surface area contributed by atoms with E-state index in [1.807, 2.05) is 38.1 Å². The van der Waals surface area contributed by atoms with Gasteiger partial charge < -0.3 is 4.42 Å². The Morgan fingerprint density at radius 1 is 1.15 bits per heavy atom. The SMILES string of the molecule is Cc1ccc2c(Cn3nnc(-c4cccc(Cl)c4)n3)cc(=O)oc2c1C. The highest BCUT2D eigenvalue weighted by Gasteiger charge is 2.12. The summed E-state index contributed by atoms with van der Waals surface area (Å²) in [6, 6.07) is 12.7. The first-order valence-corrected chi connectivity index (χ1v) is 8.46. The molecule has 0 bridgehead atoms. The number of halogens is 1. The number of rotatable bonds is 3. The van der Waals surface area contributed by atoms with Gasteiger partial charge in [0.05, 0.1) is 6.54 Å². The van der Waals surface area contributed by atoms with Gasteiger partial charge in [-0.25, -0.2) is 4.79 Å². The predicted molar refractivity (Wildman–Crippen MR) is 99.3 cm³/mol. The number of fused-ring (bicyclic) bond motifs is 1. The van der Waals surface area contributed by atoms with Crippen LogP contribution in [0.1, 0.15) is 16.7 Å². The van der Waals surface area contributed by atoms with Crippen molar-refractivity contribution < 1.29 is 4.42 Å². The Labute approximate surface area is 154 Å². The lowest BCUT2D eigenvalue weighted by molar-refractivity contribution is 0.543. The molecule has 2 aromatic carbocycles. The minimum atomic E-state index is -0.392. The molecule has 130 valence electrons. The molecule has 7 heteroatoms. The topological polar surface area (TPSA) is 73.8 Å². The Hall–Kier alpha value is -2.99. The van der Waals surface area contributed by atoms with E-state index in [0.717, 1.165) is 27.6 Å². The molecule has 0 saturated heterocycles. The van der Waals surface area contributed by atoms with Gasteiger partial charge in [-0.05, 0) is 47.9 Å². The van der Waals surface area contributed by atoms with E-state index in [2.05, 4.69) is 15.4 Å². The number of aromatic nitrogens is 4. The van der Waals surface area contributed by atoms with Gasteiger partial charge in [0.1, 0.15) is 5.58 Å². The molecule has 0 unspecified atom stereocenters. The maximum Gasteiger partial charge on any atom is 0.336 e. The van der Waals surface area contributed by atoms with Gasteiger partial charge in [-0.1, -0.05) is 35.9 Å². The number of hydrogen-bond donors (Lipinski definition) is 0. The fourth-order valence-corrected chi connectivity index (χ4v) is 3.05. The molecule has 26 heavy (non-hydrogen) atoms. The Balaban J connectivity index is 1.74. The van der Waals surface area contributed by atoms with Crippen LogP contribution in [0.4, 0.5) is 0 Å². The van der Waals surface area contributed by atoms with E-state index in [0.29, 0.717) is 23.0 Å². The smallest absolute Gasteiger partial charge is 0.336 e. The summed E-state index contributed by atoms with van der Waals surface area (Å²) in [5, 5.41) is 14.0. The van der Waals surface area contributed by atoms with Crippen LogP contribution in [0.2, 0.25) is 5.02 Å². The van der Waals surface area contributed by atoms with Crippen LogP contribution >= 0.6 is 11.6 Å². The van der Waals surface area contributed by atoms with Gasteiger partial charge in [0.15, 0.2) is 0 Å². The number of benzene rings is 2. The van der Waals surface area contributed by atoms with Gasteiger partial charge in [-0.3, -0.25) is 0 Å². The normalized spacial score (nSPS) is 11.2. The van der Waals surface area contributed by atoms with Crippen LogP contribution in [-0.4, -0.2) is 20.2 Å². The molecule has 0 saturated carbocycles. The van der Waals surface area contributed by atoms with Crippen LogP contribution in [0.15, 0.2) is 51.7 Å². The summed E-state index contributed by atoms with van der Waals surface area (Å²) in [4.78, 5) is 13.4. The Bertz CT molecular complexity index is 1180. The highest BCUT2D eigenvalue weighted by atomic mass is 35.5. The lowest BCUT2D eigenvalue weighted by Crippen LogP contribution is -2.09. The predicted octanol–water partition coefficient (Wildman–Crippen LogP) is 3.77. The molecule has 0 N–H and O–H groups in total. The average molecular weight is 367 g/mol. The Morgan fingerprint density at radius 2 is 2.00 bits per heavy atom. The molecular formula is C19H15ClN4O2. The third-order valence-electron chi connectivity index (χ3n) is 4.36. The molecule has 0 fully saturated rings. The van der Waals surface area contributed by atoms with Crippen LogP contribution in [0, 0.1) is 13.8 Å². The molecular weight excluding hydrogens is 352 g/mol. The second-order valence-corrected chi connectivity index (χ2v) is 6.57. The maximum absolute atomic E-state index is 12.0. The molecule has 0 amide bonds. The average Bonchev–Trinajstić information content (AvgIpc) is 3.07. The van der Waals surface area contributed by atoms with E-state index in [9.17, 15) is 4.79 Å². The Kier molecular flexibility index (Phi) is 4.05. The van der Waals surface area contributed by atoms with Crippen LogP contribution in [0.3, 0.4) is 0 Å². The number of hydrogen-bond acceptors (Lipinski definition) is 5. The molecule has 0 spiro atoms. The minimum absolute atomic E-state index is 0.318. The molecule has 0 atom stereocenters. The second kappa shape index (κ2) is 6.38. The maximum atomic E-state index is 12.0. The molecule has 6 nitrogen and oxygen atoms in total. The van der Waals surface area contributed by atoms with Gasteiger partial charge >= 0.3 is 5.63 Å². The molecule has 4 aromatic rings. The molecule has 0 aliphatic carbocycles. The fourth-order valence-electron chi connectivity index (χ4n) is 2.86. The van der Waals surface area contributed by atoms with Gasteiger partial charge in [0.25, 0.3) is 0 Å².